The molecule has 4 heteroatoms. The van der Waals surface area contributed by atoms with Gasteiger partial charge in [-0.05, 0) is 52.1 Å². The smallest absolute Gasteiger partial charge is 0.103 e. The van der Waals surface area contributed by atoms with Gasteiger partial charge in [-0.25, -0.2) is 0 Å². The summed E-state index contributed by atoms with van der Waals surface area (Å²) < 4.78 is 5.23. The van der Waals surface area contributed by atoms with Gasteiger partial charge >= 0.3 is 0 Å². The molecule has 1 unspecified atom stereocenters. The Bertz CT molecular complexity index is 286. The maximum atomic E-state index is 9.27. The molecule has 0 aliphatic rings. The average Bonchev–Trinajstić information content (AvgIpc) is 2.49. The summed E-state index contributed by atoms with van der Waals surface area (Å²) in [6, 6.07) is 3.05. The van der Waals surface area contributed by atoms with E-state index < -0.39 is 0 Å². The van der Waals surface area contributed by atoms with Gasteiger partial charge in [-0.15, -0.1) is 0 Å². The Morgan fingerprint density at radius 2 is 1.86 bits per heavy atom. The summed E-state index contributed by atoms with van der Waals surface area (Å²) in [5.41, 5.74) is -0.374. The summed E-state index contributed by atoms with van der Waals surface area (Å²) in [7, 11) is 1.76. The van der Waals surface area contributed by atoms with E-state index in [0.29, 0.717) is 6.04 Å². The van der Waals surface area contributed by atoms with Gasteiger partial charge in [0, 0.05) is 19.7 Å². The van der Waals surface area contributed by atoms with Gasteiger partial charge in [0.1, 0.15) is 5.54 Å². The number of nitrogens with zero attached hydrogens (tertiary/aromatic N) is 2. The minimum Gasteiger partial charge on any atom is -0.383 e. The number of unbranched alkanes of at least 4 members (excludes halogenated alkanes) is 1. The zero-order valence-corrected chi connectivity index (χ0v) is 14.7. The second-order valence-electron chi connectivity index (χ2n) is 5.93. The van der Waals surface area contributed by atoms with Crippen LogP contribution in [0.1, 0.15) is 59.8 Å². The van der Waals surface area contributed by atoms with Crippen LogP contribution in [0.4, 0.5) is 0 Å². The van der Waals surface area contributed by atoms with Crippen LogP contribution in [0.3, 0.4) is 0 Å². The van der Waals surface area contributed by atoms with Crippen LogP contribution in [0.15, 0.2) is 0 Å². The molecule has 4 nitrogen and oxygen atoms in total. The molecular weight excluding hydrogens is 262 g/mol. The van der Waals surface area contributed by atoms with Crippen molar-refractivity contribution >= 4 is 0 Å². The fourth-order valence-electron chi connectivity index (χ4n) is 2.86. The summed E-state index contributed by atoms with van der Waals surface area (Å²) in [6.07, 6.45) is 5.52. The highest BCUT2D eigenvalue weighted by Crippen LogP contribution is 2.15. The molecule has 0 spiro atoms. The zero-order chi connectivity index (χ0) is 16.1. The number of nitriles is 1. The van der Waals surface area contributed by atoms with Crippen molar-refractivity contribution in [1.82, 2.24) is 10.2 Å². The lowest BCUT2D eigenvalue weighted by molar-refractivity contribution is 0.113. The maximum Gasteiger partial charge on any atom is 0.103 e. The van der Waals surface area contributed by atoms with Gasteiger partial charge in [0.25, 0.3) is 0 Å². The normalized spacial score (nSPS) is 14.4. The van der Waals surface area contributed by atoms with Crippen molar-refractivity contribution in [3.05, 3.63) is 0 Å². The predicted octanol–water partition coefficient (Wildman–Crippen LogP) is 3.19. The summed E-state index contributed by atoms with van der Waals surface area (Å²) in [5.74, 6) is 0. The lowest BCUT2D eigenvalue weighted by Gasteiger charge is -2.30. The minimum atomic E-state index is -0.374. The first-order valence-electron chi connectivity index (χ1n) is 8.46. The molecule has 124 valence electrons. The van der Waals surface area contributed by atoms with Gasteiger partial charge in [-0.3, -0.25) is 10.2 Å². The minimum absolute atomic E-state index is 0.374. The van der Waals surface area contributed by atoms with Crippen LogP contribution >= 0.6 is 0 Å². The highest BCUT2D eigenvalue weighted by atomic mass is 16.5. The quantitative estimate of drug-likeness (QED) is 0.530. The molecule has 0 saturated carbocycles. The van der Waals surface area contributed by atoms with Crippen LogP contribution in [-0.2, 0) is 4.74 Å². The molecule has 0 saturated heterocycles. The predicted molar refractivity (Wildman–Crippen MR) is 89.4 cm³/mol. The second-order valence-corrected chi connectivity index (χ2v) is 5.93. The molecule has 0 radical (unpaired) electrons. The van der Waals surface area contributed by atoms with Gasteiger partial charge in [-0.1, -0.05) is 20.8 Å². The van der Waals surface area contributed by atoms with E-state index in [2.05, 4.69) is 37.1 Å². The van der Waals surface area contributed by atoms with Crippen LogP contribution in [0, 0.1) is 11.3 Å². The van der Waals surface area contributed by atoms with Crippen LogP contribution in [0.2, 0.25) is 0 Å². The largest absolute Gasteiger partial charge is 0.383 e. The van der Waals surface area contributed by atoms with Gasteiger partial charge in [0.15, 0.2) is 0 Å². The van der Waals surface area contributed by atoms with Crippen LogP contribution in [-0.4, -0.2) is 49.8 Å². The Hall–Kier alpha value is -0.630. The Kier molecular flexibility index (Phi) is 11.6. The number of ether oxygens (including phenoxy) is 1. The number of methoxy groups -OCH3 is 1. The third-order valence-corrected chi connectivity index (χ3v) is 4.23. The molecule has 0 aromatic heterocycles. The molecule has 0 amide bonds. The summed E-state index contributed by atoms with van der Waals surface area (Å²) >= 11 is 0. The standard InChI is InChI=1S/C17H35N3O/c1-6-16(7-2)20(13-14-21-5)12-10-9-11-17(4,15-18)19-8-3/h16,19H,6-14H2,1-5H3. The fourth-order valence-corrected chi connectivity index (χ4v) is 2.86. The fraction of sp³-hybridized carbons (Fsp3) is 0.941. The Balaban J connectivity index is 4.21. The van der Waals surface area contributed by atoms with E-state index >= 15 is 0 Å². The molecule has 1 atom stereocenters. The Labute approximate surface area is 131 Å². The van der Waals surface area contributed by atoms with E-state index in [1.807, 2.05) is 6.92 Å². The molecule has 0 heterocycles. The number of hydrogen-bond acceptors (Lipinski definition) is 4. The highest BCUT2D eigenvalue weighted by Gasteiger charge is 2.22. The Morgan fingerprint density at radius 3 is 2.33 bits per heavy atom. The summed E-state index contributed by atoms with van der Waals surface area (Å²) in [4.78, 5) is 2.54. The van der Waals surface area contributed by atoms with Crippen molar-refractivity contribution in [3.63, 3.8) is 0 Å². The third-order valence-electron chi connectivity index (χ3n) is 4.23. The molecule has 0 aliphatic heterocycles. The Morgan fingerprint density at radius 1 is 1.19 bits per heavy atom. The van der Waals surface area contributed by atoms with Gasteiger partial charge < -0.3 is 4.74 Å². The lowest BCUT2D eigenvalue weighted by atomic mass is 9.96. The topological polar surface area (TPSA) is 48.3 Å². The molecule has 0 fully saturated rings. The van der Waals surface area contributed by atoms with Crippen LogP contribution in [0.5, 0.6) is 0 Å². The van der Waals surface area contributed by atoms with E-state index in [4.69, 9.17) is 4.74 Å². The molecule has 0 rings (SSSR count). The molecular formula is C17H35N3O. The average molecular weight is 297 g/mol. The van der Waals surface area contributed by atoms with Crippen LogP contribution in [0.25, 0.3) is 0 Å². The van der Waals surface area contributed by atoms with Crippen molar-refractivity contribution in [2.45, 2.75) is 71.4 Å². The molecule has 0 bridgehead atoms. The molecule has 0 aromatic carbocycles. The summed E-state index contributed by atoms with van der Waals surface area (Å²) in [5, 5.41) is 12.5. The molecule has 0 aromatic rings. The van der Waals surface area contributed by atoms with Gasteiger partial charge in [-0.2, -0.15) is 5.26 Å². The molecule has 0 aliphatic carbocycles. The maximum absolute atomic E-state index is 9.27. The first-order valence-corrected chi connectivity index (χ1v) is 8.46. The van der Waals surface area contributed by atoms with Crippen molar-refractivity contribution in [1.29, 1.82) is 5.26 Å². The molecule has 1 N–H and O–H groups in total. The van der Waals surface area contributed by atoms with E-state index in [-0.39, 0.29) is 5.54 Å². The van der Waals surface area contributed by atoms with E-state index in [1.165, 1.54) is 12.8 Å². The number of hydrogen-bond donors (Lipinski definition) is 1. The molecule has 21 heavy (non-hydrogen) atoms. The van der Waals surface area contributed by atoms with Gasteiger partial charge in [0.05, 0.1) is 12.7 Å². The van der Waals surface area contributed by atoms with E-state index in [0.717, 1.165) is 45.5 Å². The third kappa shape index (κ3) is 8.40. The zero-order valence-electron chi connectivity index (χ0n) is 14.7. The second kappa shape index (κ2) is 12.0. The SMILES string of the molecule is CCNC(C)(C#N)CCCCN(CCOC)C(CC)CC. The van der Waals surface area contributed by atoms with Crippen molar-refractivity contribution in [2.24, 2.45) is 0 Å². The van der Waals surface area contributed by atoms with E-state index in [1.54, 1.807) is 7.11 Å². The van der Waals surface area contributed by atoms with Crippen molar-refractivity contribution in [3.8, 4) is 6.07 Å². The van der Waals surface area contributed by atoms with Crippen molar-refractivity contribution < 1.29 is 4.74 Å². The first-order chi connectivity index (χ1) is 10.1. The highest BCUT2D eigenvalue weighted by molar-refractivity contribution is 5.03. The summed E-state index contributed by atoms with van der Waals surface area (Å²) in [6.45, 7) is 12.3. The van der Waals surface area contributed by atoms with Crippen molar-refractivity contribution in [2.75, 3.05) is 33.4 Å². The number of rotatable bonds is 13. The monoisotopic (exact) mass is 297 g/mol. The van der Waals surface area contributed by atoms with Gasteiger partial charge in [0.2, 0.25) is 0 Å². The number of nitrogens with one attached hydrogen (secondary N) is 1. The van der Waals surface area contributed by atoms with Crippen LogP contribution < -0.4 is 5.32 Å². The first kappa shape index (κ1) is 20.4. The lowest BCUT2D eigenvalue weighted by Crippen LogP contribution is -2.41. The van der Waals surface area contributed by atoms with E-state index in [9.17, 15) is 5.26 Å².